The number of hydrogen-bond donors (Lipinski definition) is 0. The fourth-order valence-electron chi connectivity index (χ4n) is 3.35. The minimum Gasteiger partial charge on any atom is -0.275 e. The van der Waals surface area contributed by atoms with Gasteiger partial charge in [0.15, 0.2) is 0 Å². The Morgan fingerprint density at radius 2 is 1.83 bits per heavy atom. The molecule has 1 aliphatic heterocycles. The van der Waals surface area contributed by atoms with Gasteiger partial charge in [0.2, 0.25) is 0 Å². The van der Waals surface area contributed by atoms with E-state index in [1.54, 1.807) is 0 Å². The highest BCUT2D eigenvalue weighted by Gasteiger charge is 2.43. The minimum atomic E-state index is -0.201. The number of fused-ring (bicyclic) bond motifs is 2. The van der Waals surface area contributed by atoms with Gasteiger partial charge in [0, 0.05) is 17.4 Å². The van der Waals surface area contributed by atoms with Crippen molar-refractivity contribution in [2.75, 3.05) is 0 Å². The lowest BCUT2D eigenvalue weighted by molar-refractivity contribution is 0.303. The molecule has 116 valence electrons. The van der Waals surface area contributed by atoms with E-state index in [9.17, 15) is 0 Å². The summed E-state index contributed by atoms with van der Waals surface area (Å²) in [5, 5.41) is 0. The van der Waals surface area contributed by atoms with Crippen LogP contribution in [0.2, 0.25) is 0 Å². The smallest absolute Gasteiger partial charge is 0.108 e. The van der Waals surface area contributed by atoms with E-state index in [1.165, 1.54) is 11.1 Å². The Kier molecular flexibility index (Phi) is 2.87. The third kappa shape index (κ3) is 1.99. The molecular weight excluding hydrogens is 282 g/mol. The van der Waals surface area contributed by atoms with Crippen LogP contribution in [0.15, 0.2) is 41.5 Å². The molecule has 0 fully saturated rings. The van der Waals surface area contributed by atoms with Gasteiger partial charge in [-0.15, -0.1) is 0 Å². The van der Waals surface area contributed by atoms with E-state index in [1.807, 2.05) is 6.20 Å². The normalized spacial score (nSPS) is 19.9. The zero-order chi connectivity index (χ0) is 16.2. The van der Waals surface area contributed by atoms with E-state index < -0.39 is 0 Å². The van der Waals surface area contributed by atoms with Crippen molar-refractivity contribution < 1.29 is 0 Å². The van der Waals surface area contributed by atoms with Crippen LogP contribution in [0.5, 0.6) is 0 Å². The Labute approximate surface area is 137 Å². The standard InChI is InChI=1S/C20H21N3/c1-19(2)14-9-6-5-8-13(14)18(23-20(19,3)4)17-12-21-15-10-7-11-16(15)22-17/h5-9,11-12H,10H2,1-4H3. The van der Waals surface area contributed by atoms with E-state index in [4.69, 9.17) is 9.98 Å². The Balaban J connectivity index is 1.95. The molecule has 2 heterocycles. The summed E-state index contributed by atoms with van der Waals surface area (Å²) in [6.45, 7) is 8.93. The second kappa shape index (κ2) is 4.60. The minimum absolute atomic E-state index is 0.0306. The number of allylic oxidation sites excluding steroid dienone is 1. The first-order valence-corrected chi connectivity index (χ1v) is 8.13. The van der Waals surface area contributed by atoms with Crippen LogP contribution in [0, 0.1) is 0 Å². The van der Waals surface area contributed by atoms with Gasteiger partial charge in [0.25, 0.3) is 0 Å². The molecule has 3 heteroatoms. The first-order chi connectivity index (χ1) is 10.9. The summed E-state index contributed by atoms with van der Waals surface area (Å²) in [4.78, 5) is 14.5. The maximum atomic E-state index is 5.09. The molecular formula is C20H21N3. The van der Waals surface area contributed by atoms with E-state index in [0.717, 1.165) is 29.2 Å². The Bertz CT molecular complexity index is 857. The molecule has 1 aromatic heterocycles. The predicted octanol–water partition coefficient (Wildman–Crippen LogP) is 3.95. The van der Waals surface area contributed by atoms with E-state index in [-0.39, 0.29) is 11.0 Å². The summed E-state index contributed by atoms with van der Waals surface area (Å²) in [5.41, 5.74) is 6.13. The summed E-state index contributed by atoms with van der Waals surface area (Å²) in [7, 11) is 0. The van der Waals surface area contributed by atoms with Crippen LogP contribution >= 0.6 is 0 Å². The highest BCUT2D eigenvalue weighted by atomic mass is 14.9. The summed E-state index contributed by atoms with van der Waals surface area (Å²) in [5.74, 6) is 0. The Morgan fingerprint density at radius 3 is 2.65 bits per heavy atom. The molecule has 4 rings (SSSR count). The molecule has 3 nitrogen and oxygen atoms in total. The second-order valence-corrected chi connectivity index (χ2v) is 7.38. The van der Waals surface area contributed by atoms with Crippen molar-refractivity contribution in [3.8, 4) is 0 Å². The lowest BCUT2D eigenvalue weighted by Crippen LogP contribution is -2.46. The van der Waals surface area contributed by atoms with Crippen molar-refractivity contribution in [1.82, 2.24) is 9.97 Å². The average molecular weight is 303 g/mol. The number of aromatic nitrogens is 2. The van der Waals surface area contributed by atoms with Gasteiger partial charge in [-0.25, -0.2) is 4.98 Å². The summed E-state index contributed by atoms with van der Waals surface area (Å²) in [6.07, 6.45) is 6.91. The van der Waals surface area contributed by atoms with Crippen molar-refractivity contribution in [1.29, 1.82) is 0 Å². The third-order valence-corrected chi connectivity index (χ3v) is 5.49. The molecule has 0 N–H and O–H groups in total. The van der Waals surface area contributed by atoms with Gasteiger partial charge < -0.3 is 0 Å². The number of aliphatic imine (C=N–C) groups is 1. The maximum absolute atomic E-state index is 5.09. The zero-order valence-corrected chi connectivity index (χ0v) is 14.1. The summed E-state index contributed by atoms with van der Waals surface area (Å²) in [6, 6.07) is 8.54. The van der Waals surface area contributed by atoms with Gasteiger partial charge in [-0.1, -0.05) is 44.2 Å². The molecule has 2 aliphatic rings. The van der Waals surface area contributed by atoms with E-state index in [2.05, 4.69) is 69.1 Å². The summed E-state index contributed by atoms with van der Waals surface area (Å²) < 4.78 is 0. The van der Waals surface area contributed by atoms with Gasteiger partial charge in [0.1, 0.15) is 5.69 Å². The van der Waals surface area contributed by atoms with Gasteiger partial charge >= 0.3 is 0 Å². The third-order valence-electron chi connectivity index (χ3n) is 5.49. The van der Waals surface area contributed by atoms with Gasteiger partial charge in [-0.05, 0) is 25.5 Å². The van der Waals surface area contributed by atoms with Crippen LogP contribution in [0.4, 0.5) is 0 Å². The molecule has 1 aliphatic carbocycles. The molecule has 1 aromatic carbocycles. The lowest BCUT2D eigenvalue weighted by Gasteiger charge is -2.44. The van der Waals surface area contributed by atoms with Crippen LogP contribution in [0.25, 0.3) is 6.08 Å². The molecule has 0 atom stereocenters. The number of nitrogens with zero attached hydrogens (tertiary/aromatic N) is 3. The SMILES string of the molecule is CC1(C)N=C(c2cnc3c(n2)C=CC3)c2ccccc2C1(C)C. The van der Waals surface area contributed by atoms with Gasteiger partial charge in [-0.2, -0.15) is 0 Å². The van der Waals surface area contributed by atoms with Crippen molar-refractivity contribution in [3.05, 3.63) is 64.7 Å². The average Bonchev–Trinajstić information content (AvgIpc) is 2.99. The highest BCUT2D eigenvalue weighted by molar-refractivity contribution is 6.13. The molecule has 0 spiro atoms. The van der Waals surface area contributed by atoms with Crippen LogP contribution in [-0.2, 0) is 11.8 Å². The topological polar surface area (TPSA) is 38.1 Å². The van der Waals surface area contributed by atoms with Crippen LogP contribution < -0.4 is 0 Å². The quantitative estimate of drug-likeness (QED) is 0.800. The molecule has 0 radical (unpaired) electrons. The van der Waals surface area contributed by atoms with Crippen LogP contribution in [0.3, 0.4) is 0 Å². The first kappa shape index (κ1) is 14.3. The van der Waals surface area contributed by atoms with E-state index in [0.29, 0.717) is 0 Å². The molecule has 2 aromatic rings. The van der Waals surface area contributed by atoms with Crippen LogP contribution in [0.1, 0.15) is 55.9 Å². The largest absolute Gasteiger partial charge is 0.275 e. The first-order valence-electron chi connectivity index (χ1n) is 8.13. The second-order valence-electron chi connectivity index (χ2n) is 7.38. The van der Waals surface area contributed by atoms with Crippen molar-refractivity contribution >= 4 is 11.8 Å². The lowest BCUT2D eigenvalue weighted by atomic mass is 9.66. The maximum Gasteiger partial charge on any atom is 0.108 e. The fourth-order valence-corrected chi connectivity index (χ4v) is 3.35. The molecule has 23 heavy (non-hydrogen) atoms. The van der Waals surface area contributed by atoms with Crippen molar-refractivity contribution in [3.63, 3.8) is 0 Å². The number of hydrogen-bond acceptors (Lipinski definition) is 3. The molecule has 0 saturated carbocycles. The summed E-state index contributed by atoms with van der Waals surface area (Å²) >= 11 is 0. The number of benzene rings is 1. The van der Waals surface area contributed by atoms with Crippen LogP contribution in [-0.4, -0.2) is 21.2 Å². The van der Waals surface area contributed by atoms with Crippen molar-refractivity contribution in [2.45, 2.75) is 45.1 Å². The molecule has 0 saturated heterocycles. The Morgan fingerprint density at radius 1 is 1.04 bits per heavy atom. The fraction of sp³-hybridized carbons (Fsp3) is 0.350. The van der Waals surface area contributed by atoms with E-state index >= 15 is 0 Å². The van der Waals surface area contributed by atoms with Gasteiger partial charge in [0.05, 0.1) is 28.8 Å². The predicted molar refractivity (Wildman–Crippen MR) is 94.0 cm³/mol. The van der Waals surface area contributed by atoms with Gasteiger partial charge in [-0.3, -0.25) is 9.98 Å². The molecule has 0 unspecified atom stereocenters. The zero-order valence-electron chi connectivity index (χ0n) is 14.1. The molecule has 0 amide bonds. The molecule has 0 bridgehead atoms. The van der Waals surface area contributed by atoms with Crippen molar-refractivity contribution in [2.24, 2.45) is 4.99 Å². The monoisotopic (exact) mass is 303 g/mol. The number of rotatable bonds is 1. The Hall–Kier alpha value is -2.29. The highest BCUT2D eigenvalue weighted by Crippen LogP contribution is 2.43.